The van der Waals surface area contributed by atoms with Gasteiger partial charge < -0.3 is 19.7 Å². The molecule has 1 aliphatic rings. The van der Waals surface area contributed by atoms with Crippen molar-refractivity contribution >= 4 is 11.8 Å². The highest BCUT2D eigenvalue weighted by molar-refractivity contribution is 5.98. The monoisotopic (exact) mass is 444 g/mol. The Balaban J connectivity index is 1.56. The van der Waals surface area contributed by atoms with E-state index in [9.17, 15) is 9.59 Å². The van der Waals surface area contributed by atoms with Crippen LogP contribution in [0.4, 0.5) is 0 Å². The topological polar surface area (TPSA) is 67.9 Å². The lowest BCUT2D eigenvalue weighted by molar-refractivity contribution is -0.124. The maximum Gasteiger partial charge on any atom is 0.257 e. The highest BCUT2D eigenvalue weighted by Gasteiger charge is 2.30. The lowest BCUT2D eigenvalue weighted by atomic mass is 9.95. The highest BCUT2D eigenvalue weighted by atomic mass is 16.5. The van der Waals surface area contributed by atoms with E-state index in [-0.39, 0.29) is 17.7 Å². The van der Waals surface area contributed by atoms with Crippen molar-refractivity contribution in [1.29, 1.82) is 0 Å². The summed E-state index contributed by atoms with van der Waals surface area (Å²) in [6.45, 7) is 1.18. The van der Waals surface area contributed by atoms with Gasteiger partial charge in [-0.1, -0.05) is 60.7 Å². The fraction of sp³-hybridized carbons (Fsp3) is 0.259. The molecule has 2 amide bonds. The Morgan fingerprint density at radius 2 is 1.73 bits per heavy atom. The fourth-order valence-electron chi connectivity index (χ4n) is 4.26. The number of benzene rings is 3. The second-order valence-corrected chi connectivity index (χ2v) is 8.05. The first-order valence-corrected chi connectivity index (χ1v) is 11.0. The lowest BCUT2D eigenvalue weighted by Gasteiger charge is -2.24. The van der Waals surface area contributed by atoms with E-state index in [2.05, 4.69) is 29.6 Å². The van der Waals surface area contributed by atoms with Gasteiger partial charge in [0.1, 0.15) is 0 Å². The third-order valence-electron chi connectivity index (χ3n) is 5.93. The van der Waals surface area contributed by atoms with Gasteiger partial charge in [-0.05, 0) is 35.2 Å². The van der Waals surface area contributed by atoms with E-state index in [0.29, 0.717) is 43.1 Å². The van der Waals surface area contributed by atoms with Crippen molar-refractivity contribution in [3.63, 3.8) is 0 Å². The predicted molar refractivity (Wildman–Crippen MR) is 128 cm³/mol. The van der Waals surface area contributed by atoms with Crippen LogP contribution in [-0.4, -0.2) is 50.6 Å². The maximum atomic E-state index is 13.4. The van der Waals surface area contributed by atoms with Crippen LogP contribution in [0.5, 0.6) is 11.5 Å². The third kappa shape index (κ3) is 5.00. The highest BCUT2D eigenvalue weighted by Crippen LogP contribution is 2.32. The normalized spacial score (nSPS) is 16.0. The summed E-state index contributed by atoms with van der Waals surface area (Å²) in [5, 5.41) is 2.96. The van der Waals surface area contributed by atoms with E-state index < -0.39 is 0 Å². The molecule has 3 aromatic carbocycles. The van der Waals surface area contributed by atoms with Gasteiger partial charge in [0.15, 0.2) is 11.5 Å². The number of carbonyl (C=O) groups is 2. The molecule has 6 heteroatoms. The summed E-state index contributed by atoms with van der Waals surface area (Å²) in [5.74, 6) is 0.347. The fourth-order valence-corrected chi connectivity index (χ4v) is 4.26. The molecule has 4 rings (SSSR count). The number of hydrogen-bond acceptors (Lipinski definition) is 4. The molecule has 1 atom stereocenters. The van der Waals surface area contributed by atoms with Crippen molar-refractivity contribution in [2.75, 3.05) is 33.9 Å². The summed E-state index contributed by atoms with van der Waals surface area (Å²) >= 11 is 0. The number of ether oxygens (including phenoxy) is 2. The maximum absolute atomic E-state index is 13.4. The van der Waals surface area contributed by atoms with Crippen LogP contribution in [0.3, 0.4) is 0 Å². The van der Waals surface area contributed by atoms with Crippen molar-refractivity contribution in [2.24, 2.45) is 5.92 Å². The minimum Gasteiger partial charge on any atom is -0.493 e. The molecule has 33 heavy (non-hydrogen) atoms. The van der Waals surface area contributed by atoms with Gasteiger partial charge in [-0.2, -0.15) is 0 Å². The van der Waals surface area contributed by atoms with Crippen molar-refractivity contribution in [3.8, 4) is 22.6 Å². The van der Waals surface area contributed by atoms with Gasteiger partial charge in [-0.15, -0.1) is 0 Å². The lowest BCUT2D eigenvalue weighted by Crippen LogP contribution is -2.37. The number of hydrogen-bond donors (Lipinski definition) is 1. The minimum atomic E-state index is -0.348. The second-order valence-electron chi connectivity index (χ2n) is 8.05. The summed E-state index contributed by atoms with van der Waals surface area (Å²) < 4.78 is 10.8. The molecule has 0 aliphatic carbocycles. The molecule has 0 aromatic heterocycles. The molecule has 170 valence electrons. The first kappa shape index (κ1) is 22.4. The van der Waals surface area contributed by atoms with Crippen LogP contribution in [0.2, 0.25) is 0 Å². The van der Waals surface area contributed by atoms with Crippen LogP contribution >= 0.6 is 0 Å². The summed E-state index contributed by atoms with van der Waals surface area (Å²) in [7, 11) is 3.06. The van der Waals surface area contributed by atoms with E-state index in [1.165, 1.54) is 7.11 Å². The zero-order chi connectivity index (χ0) is 23.2. The second kappa shape index (κ2) is 10.2. The molecule has 0 saturated carbocycles. The SMILES string of the molecule is COc1cccc(C(=O)N2CCNC(=O)[C@@H](Cc3cccc(-c4ccccc4)c3)C2)c1OC. The van der Waals surface area contributed by atoms with Crippen LogP contribution < -0.4 is 14.8 Å². The molecule has 0 spiro atoms. The van der Waals surface area contributed by atoms with E-state index in [1.807, 2.05) is 30.3 Å². The van der Waals surface area contributed by atoms with Crippen molar-refractivity contribution in [1.82, 2.24) is 10.2 Å². The van der Waals surface area contributed by atoms with Crippen molar-refractivity contribution in [2.45, 2.75) is 6.42 Å². The van der Waals surface area contributed by atoms with Gasteiger partial charge in [0.25, 0.3) is 5.91 Å². The molecule has 1 aliphatic heterocycles. The molecule has 1 heterocycles. The van der Waals surface area contributed by atoms with Crippen molar-refractivity contribution < 1.29 is 19.1 Å². The zero-order valence-electron chi connectivity index (χ0n) is 18.9. The van der Waals surface area contributed by atoms with Gasteiger partial charge >= 0.3 is 0 Å². The molecule has 0 radical (unpaired) electrons. The Hall–Kier alpha value is -3.80. The Morgan fingerprint density at radius 1 is 0.970 bits per heavy atom. The molecule has 1 fully saturated rings. The molecule has 1 saturated heterocycles. The average molecular weight is 445 g/mol. The van der Waals surface area contributed by atoms with Crippen molar-refractivity contribution in [3.05, 3.63) is 83.9 Å². The van der Waals surface area contributed by atoms with E-state index in [1.54, 1.807) is 30.2 Å². The number of nitrogens with zero attached hydrogens (tertiary/aromatic N) is 1. The van der Waals surface area contributed by atoms with Gasteiger partial charge in [-0.3, -0.25) is 9.59 Å². The standard InChI is InChI=1S/C27H28N2O4/c1-32-24-13-7-12-23(25(24)33-2)27(31)29-15-14-28-26(30)22(18-29)17-19-8-6-11-21(16-19)20-9-4-3-5-10-20/h3-13,16,22H,14-15,17-18H2,1-2H3,(H,28,30)/t22-/m0/s1. The van der Waals surface area contributed by atoms with E-state index >= 15 is 0 Å². The number of carbonyl (C=O) groups excluding carboxylic acids is 2. The third-order valence-corrected chi connectivity index (χ3v) is 5.93. The molecule has 6 nitrogen and oxygen atoms in total. The minimum absolute atomic E-state index is 0.0342. The summed E-state index contributed by atoms with van der Waals surface area (Å²) in [5.41, 5.74) is 3.73. The number of methoxy groups -OCH3 is 2. The number of para-hydroxylation sites is 1. The molecule has 0 unspecified atom stereocenters. The Labute approximate surface area is 194 Å². The Bertz CT molecular complexity index is 1130. The molecular formula is C27H28N2O4. The van der Waals surface area contributed by atoms with Crippen LogP contribution in [0.25, 0.3) is 11.1 Å². The Morgan fingerprint density at radius 3 is 2.48 bits per heavy atom. The largest absolute Gasteiger partial charge is 0.493 e. The van der Waals surface area contributed by atoms with Crippen LogP contribution in [0.1, 0.15) is 15.9 Å². The molecular weight excluding hydrogens is 416 g/mol. The van der Waals surface area contributed by atoms with Crippen LogP contribution in [0, 0.1) is 5.92 Å². The number of nitrogens with one attached hydrogen (secondary N) is 1. The summed E-state index contributed by atoms with van der Waals surface area (Å²) in [4.78, 5) is 27.9. The van der Waals surface area contributed by atoms with Gasteiger partial charge in [0, 0.05) is 19.6 Å². The van der Waals surface area contributed by atoms with Gasteiger partial charge in [0.2, 0.25) is 5.91 Å². The van der Waals surface area contributed by atoms with E-state index in [0.717, 1.165) is 16.7 Å². The van der Waals surface area contributed by atoms with Gasteiger partial charge in [0.05, 0.1) is 25.7 Å². The molecule has 0 bridgehead atoms. The van der Waals surface area contributed by atoms with Crippen LogP contribution in [0.15, 0.2) is 72.8 Å². The average Bonchev–Trinajstić information content (AvgIpc) is 3.05. The first-order valence-electron chi connectivity index (χ1n) is 11.0. The first-order chi connectivity index (χ1) is 16.1. The predicted octanol–water partition coefficient (Wildman–Crippen LogP) is 3.80. The zero-order valence-corrected chi connectivity index (χ0v) is 18.9. The molecule has 1 N–H and O–H groups in total. The number of amides is 2. The quantitative estimate of drug-likeness (QED) is 0.628. The van der Waals surface area contributed by atoms with E-state index in [4.69, 9.17) is 9.47 Å². The Kier molecular flexibility index (Phi) is 6.93. The number of rotatable bonds is 6. The van der Waals surface area contributed by atoms with Crippen LogP contribution in [-0.2, 0) is 11.2 Å². The smallest absolute Gasteiger partial charge is 0.257 e. The molecule has 3 aromatic rings. The summed E-state index contributed by atoms with van der Waals surface area (Å²) in [6.07, 6.45) is 0.547. The summed E-state index contributed by atoms with van der Waals surface area (Å²) in [6, 6.07) is 23.6. The van der Waals surface area contributed by atoms with Gasteiger partial charge in [-0.25, -0.2) is 0 Å².